The fourth-order valence-electron chi connectivity index (χ4n) is 3.54. The highest BCUT2D eigenvalue weighted by Crippen LogP contribution is 2.41. The van der Waals surface area contributed by atoms with Crippen LogP contribution in [-0.4, -0.2) is 33.4 Å². The van der Waals surface area contributed by atoms with Crippen LogP contribution in [0.4, 0.5) is 11.5 Å². The highest BCUT2D eigenvalue weighted by molar-refractivity contribution is 5.97. The van der Waals surface area contributed by atoms with E-state index in [1.54, 1.807) is 28.4 Å². The van der Waals surface area contributed by atoms with Crippen LogP contribution in [-0.2, 0) is 0 Å². The van der Waals surface area contributed by atoms with Gasteiger partial charge in [0.2, 0.25) is 5.75 Å². The molecule has 0 atom stereocenters. The maximum Gasteiger partial charge on any atom is 0.203 e. The second kappa shape index (κ2) is 8.29. The minimum atomic E-state index is 0.559. The number of benzene rings is 3. The number of hydrogen-bond acceptors (Lipinski definition) is 5. The molecular formula is C24H24N2O4. The third-order valence-electron chi connectivity index (χ3n) is 5.00. The molecule has 0 saturated heterocycles. The van der Waals surface area contributed by atoms with Gasteiger partial charge in [-0.25, -0.2) is 0 Å². The van der Waals surface area contributed by atoms with Gasteiger partial charge in [0, 0.05) is 28.8 Å². The van der Waals surface area contributed by atoms with Gasteiger partial charge in [-0.2, -0.15) is 0 Å². The lowest BCUT2D eigenvalue weighted by molar-refractivity contribution is 0.324. The number of methoxy groups -OCH3 is 4. The van der Waals surface area contributed by atoms with E-state index in [-0.39, 0.29) is 0 Å². The fourth-order valence-corrected chi connectivity index (χ4v) is 3.54. The number of anilines is 2. The zero-order valence-electron chi connectivity index (χ0n) is 17.4. The molecule has 0 radical (unpaired) electrons. The van der Waals surface area contributed by atoms with Gasteiger partial charge in [0.25, 0.3) is 0 Å². The van der Waals surface area contributed by atoms with Crippen molar-refractivity contribution in [3.05, 3.63) is 60.7 Å². The van der Waals surface area contributed by atoms with Gasteiger partial charge in [0.05, 0.1) is 34.0 Å². The number of aromatic nitrogens is 1. The first-order valence-corrected chi connectivity index (χ1v) is 9.50. The maximum atomic E-state index is 5.45. The zero-order valence-corrected chi connectivity index (χ0v) is 17.4. The van der Waals surface area contributed by atoms with Crippen LogP contribution < -0.4 is 24.3 Å². The van der Waals surface area contributed by atoms with Crippen molar-refractivity contribution in [1.29, 1.82) is 0 Å². The van der Waals surface area contributed by atoms with E-state index in [1.807, 2.05) is 24.3 Å². The molecule has 6 nitrogen and oxygen atoms in total. The first kappa shape index (κ1) is 19.5. The topological polar surface area (TPSA) is 64.7 Å². The summed E-state index contributed by atoms with van der Waals surface area (Å²) >= 11 is 0. The molecular weight excluding hydrogens is 380 g/mol. The van der Waals surface area contributed by atoms with E-state index in [1.165, 1.54) is 0 Å². The predicted molar refractivity (Wildman–Crippen MR) is 120 cm³/mol. The molecule has 30 heavy (non-hydrogen) atoms. The highest BCUT2D eigenvalue weighted by Gasteiger charge is 2.14. The number of para-hydroxylation sites is 1. The summed E-state index contributed by atoms with van der Waals surface area (Å²) in [6.45, 7) is 0. The van der Waals surface area contributed by atoms with Crippen LogP contribution in [0.3, 0.4) is 0 Å². The maximum absolute atomic E-state index is 5.45. The number of ether oxygens (including phenoxy) is 4. The van der Waals surface area contributed by atoms with Crippen LogP contribution in [0.2, 0.25) is 0 Å². The molecule has 154 valence electrons. The van der Waals surface area contributed by atoms with E-state index in [2.05, 4.69) is 46.7 Å². The second-order valence-corrected chi connectivity index (χ2v) is 6.72. The minimum absolute atomic E-state index is 0.559. The average molecular weight is 404 g/mol. The van der Waals surface area contributed by atoms with E-state index in [9.17, 15) is 0 Å². The van der Waals surface area contributed by atoms with Gasteiger partial charge in [-0.05, 0) is 23.8 Å². The molecule has 0 fully saturated rings. The molecule has 6 heteroatoms. The van der Waals surface area contributed by atoms with Gasteiger partial charge < -0.3 is 29.2 Å². The van der Waals surface area contributed by atoms with Gasteiger partial charge in [-0.3, -0.25) is 0 Å². The summed E-state index contributed by atoms with van der Waals surface area (Å²) in [4.78, 5) is 3.49. The molecule has 0 saturated carbocycles. The standard InChI is InChI=1S/C24H24N2O4/c1-27-18-10-8-15(9-11-18)19-7-5-6-16-12-22(26-23(16)19)25-17-13-20(28-2)24(30-4)21(14-17)29-3/h5-14,25-26H,1-4H3. The van der Waals surface area contributed by atoms with Crippen molar-refractivity contribution in [3.8, 4) is 34.1 Å². The summed E-state index contributed by atoms with van der Waals surface area (Å²) in [5.74, 6) is 3.44. The molecule has 0 unspecified atom stereocenters. The van der Waals surface area contributed by atoms with E-state index >= 15 is 0 Å². The molecule has 0 spiro atoms. The summed E-state index contributed by atoms with van der Waals surface area (Å²) in [6.07, 6.45) is 0. The number of hydrogen-bond donors (Lipinski definition) is 2. The van der Waals surface area contributed by atoms with Crippen molar-refractivity contribution in [2.75, 3.05) is 33.8 Å². The van der Waals surface area contributed by atoms with E-state index < -0.39 is 0 Å². The average Bonchev–Trinajstić information content (AvgIpc) is 3.20. The van der Waals surface area contributed by atoms with Crippen molar-refractivity contribution >= 4 is 22.4 Å². The fraction of sp³-hybridized carbons (Fsp3) is 0.167. The minimum Gasteiger partial charge on any atom is -0.497 e. The van der Waals surface area contributed by atoms with Crippen LogP contribution in [0.1, 0.15) is 0 Å². The molecule has 0 bridgehead atoms. The van der Waals surface area contributed by atoms with Gasteiger partial charge in [0.1, 0.15) is 11.6 Å². The Morgan fingerprint density at radius 2 is 1.43 bits per heavy atom. The molecule has 1 heterocycles. The Balaban J connectivity index is 1.71. The summed E-state index contributed by atoms with van der Waals surface area (Å²) < 4.78 is 21.6. The summed E-state index contributed by atoms with van der Waals surface area (Å²) in [5.41, 5.74) is 4.11. The van der Waals surface area contributed by atoms with Gasteiger partial charge in [0.15, 0.2) is 11.5 Å². The Hall–Kier alpha value is -3.80. The predicted octanol–water partition coefficient (Wildman–Crippen LogP) is 5.61. The van der Waals surface area contributed by atoms with E-state index in [0.29, 0.717) is 17.2 Å². The van der Waals surface area contributed by atoms with Gasteiger partial charge >= 0.3 is 0 Å². The Morgan fingerprint density at radius 3 is 2.03 bits per heavy atom. The molecule has 0 aliphatic carbocycles. The first-order valence-electron chi connectivity index (χ1n) is 9.50. The SMILES string of the molecule is COc1ccc(-c2cccc3cc(Nc4cc(OC)c(OC)c(OC)c4)[nH]c23)cc1. The molecule has 1 aromatic heterocycles. The number of fused-ring (bicyclic) bond motifs is 1. The lowest BCUT2D eigenvalue weighted by Gasteiger charge is -2.14. The Labute approximate surface area is 175 Å². The van der Waals surface area contributed by atoms with Crippen LogP contribution in [0.5, 0.6) is 23.0 Å². The summed E-state index contributed by atoms with van der Waals surface area (Å²) in [6, 6.07) is 20.1. The van der Waals surface area contributed by atoms with E-state index in [0.717, 1.165) is 39.3 Å². The Bertz CT molecular complexity index is 1140. The van der Waals surface area contributed by atoms with Crippen molar-refractivity contribution in [3.63, 3.8) is 0 Å². The molecule has 0 aliphatic rings. The number of nitrogens with one attached hydrogen (secondary N) is 2. The zero-order chi connectivity index (χ0) is 21.1. The molecule has 3 aromatic carbocycles. The van der Waals surface area contributed by atoms with Gasteiger partial charge in [-0.15, -0.1) is 0 Å². The van der Waals surface area contributed by atoms with Crippen molar-refractivity contribution in [2.45, 2.75) is 0 Å². The molecule has 4 aromatic rings. The number of aromatic amines is 1. The third kappa shape index (κ3) is 3.59. The highest BCUT2D eigenvalue weighted by atomic mass is 16.5. The lowest BCUT2D eigenvalue weighted by Crippen LogP contribution is -1.98. The number of H-pyrrole nitrogens is 1. The largest absolute Gasteiger partial charge is 0.497 e. The van der Waals surface area contributed by atoms with Crippen LogP contribution in [0.25, 0.3) is 22.0 Å². The Morgan fingerprint density at radius 1 is 0.733 bits per heavy atom. The third-order valence-corrected chi connectivity index (χ3v) is 5.00. The quantitative estimate of drug-likeness (QED) is 0.419. The monoisotopic (exact) mass is 404 g/mol. The van der Waals surface area contributed by atoms with E-state index in [4.69, 9.17) is 18.9 Å². The Kier molecular flexibility index (Phi) is 5.39. The molecule has 0 aliphatic heterocycles. The van der Waals surface area contributed by atoms with Crippen molar-refractivity contribution in [1.82, 2.24) is 4.98 Å². The summed E-state index contributed by atoms with van der Waals surface area (Å²) in [5, 5.41) is 4.51. The molecule has 4 rings (SSSR count). The van der Waals surface area contributed by atoms with Crippen LogP contribution in [0, 0.1) is 0 Å². The smallest absolute Gasteiger partial charge is 0.203 e. The molecule has 0 amide bonds. The van der Waals surface area contributed by atoms with Gasteiger partial charge in [-0.1, -0.05) is 30.3 Å². The lowest BCUT2D eigenvalue weighted by atomic mass is 10.0. The number of rotatable bonds is 7. The second-order valence-electron chi connectivity index (χ2n) is 6.72. The normalized spacial score (nSPS) is 10.7. The van der Waals surface area contributed by atoms with Crippen molar-refractivity contribution in [2.24, 2.45) is 0 Å². The summed E-state index contributed by atoms with van der Waals surface area (Å²) in [7, 11) is 6.46. The van der Waals surface area contributed by atoms with Crippen LogP contribution >= 0.6 is 0 Å². The first-order chi connectivity index (χ1) is 14.7. The van der Waals surface area contributed by atoms with Crippen molar-refractivity contribution < 1.29 is 18.9 Å². The van der Waals surface area contributed by atoms with Crippen LogP contribution in [0.15, 0.2) is 60.7 Å². The molecule has 2 N–H and O–H groups in total.